The van der Waals surface area contributed by atoms with Gasteiger partial charge in [-0.05, 0) is 45.0 Å². The molecular weight excluding hydrogens is 396 g/mol. The van der Waals surface area contributed by atoms with Crippen LogP contribution in [-0.4, -0.2) is 55.4 Å². The Bertz CT molecular complexity index is 889. The molecule has 0 fully saturated rings. The molecular formula is C22H32N6O3. The van der Waals surface area contributed by atoms with Crippen LogP contribution in [0.15, 0.2) is 42.6 Å². The Morgan fingerprint density at radius 1 is 1.32 bits per heavy atom. The molecule has 0 saturated carbocycles. The molecule has 0 aliphatic heterocycles. The zero-order chi connectivity index (χ0) is 22.8. The summed E-state index contributed by atoms with van der Waals surface area (Å²) < 4.78 is 10.7. The van der Waals surface area contributed by atoms with Gasteiger partial charge >= 0.3 is 0 Å². The van der Waals surface area contributed by atoms with Crippen LogP contribution in [0.4, 0.5) is 28.8 Å². The number of allylic oxidation sites excluding steroid dienone is 1. The van der Waals surface area contributed by atoms with Crippen molar-refractivity contribution in [3.63, 3.8) is 0 Å². The maximum Gasteiger partial charge on any atom is 0.250 e. The maximum atomic E-state index is 12.1. The van der Waals surface area contributed by atoms with E-state index in [1.54, 1.807) is 38.3 Å². The lowest BCUT2D eigenvalue weighted by molar-refractivity contribution is -0.113. The zero-order valence-electron chi connectivity index (χ0n) is 18.8. The predicted octanol–water partition coefficient (Wildman–Crippen LogP) is 3.19. The lowest BCUT2D eigenvalue weighted by atomic mass is 10.2. The van der Waals surface area contributed by atoms with Crippen molar-refractivity contribution in [2.45, 2.75) is 32.9 Å². The summed E-state index contributed by atoms with van der Waals surface area (Å²) in [5.41, 5.74) is 7.97. The van der Waals surface area contributed by atoms with Gasteiger partial charge in [0.25, 0.3) is 0 Å². The van der Waals surface area contributed by atoms with Gasteiger partial charge in [-0.3, -0.25) is 4.79 Å². The minimum atomic E-state index is -0.108. The van der Waals surface area contributed by atoms with Crippen LogP contribution in [0, 0.1) is 0 Å². The largest absolute Gasteiger partial charge is 0.394 e. The summed E-state index contributed by atoms with van der Waals surface area (Å²) in [5, 5.41) is 6.44. The van der Waals surface area contributed by atoms with Crippen molar-refractivity contribution in [1.82, 2.24) is 9.97 Å². The quantitative estimate of drug-likeness (QED) is 0.369. The Morgan fingerprint density at radius 2 is 2.10 bits per heavy atom. The van der Waals surface area contributed by atoms with E-state index in [-0.39, 0.29) is 18.1 Å². The van der Waals surface area contributed by atoms with Crippen molar-refractivity contribution < 1.29 is 14.3 Å². The van der Waals surface area contributed by atoms with Crippen molar-refractivity contribution in [2.24, 2.45) is 0 Å². The van der Waals surface area contributed by atoms with Crippen LogP contribution in [0.3, 0.4) is 0 Å². The minimum Gasteiger partial charge on any atom is -0.394 e. The number of nitrogens with zero attached hydrogens (tertiary/aromatic N) is 3. The van der Waals surface area contributed by atoms with Crippen LogP contribution in [0.1, 0.15) is 20.8 Å². The number of methoxy groups -OCH3 is 1. The lowest BCUT2D eigenvalue weighted by Crippen LogP contribution is -2.32. The number of rotatable bonds is 11. The molecule has 0 saturated heterocycles. The Morgan fingerprint density at radius 3 is 2.81 bits per heavy atom. The highest BCUT2D eigenvalue weighted by Gasteiger charge is 2.15. The number of carbonyl (C=O) groups excluding carboxylic acids is 1. The molecule has 0 aliphatic carbocycles. The molecule has 168 valence electrons. The molecule has 31 heavy (non-hydrogen) atoms. The number of carbonyl (C=O) groups is 1. The first kappa shape index (κ1) is 24.1. The normalized spacial score (nSPS) is 13.1. The second kappa shape index (κ2) is 11.9. The zero-order valence-corrected chi connectivity index (χ0v) is 18.8. The van der Waals surface area contributed by atoms with Crippen LogP contribution in [0.25, 0.3) is 0 Å². The average Bonchev–Trinajstić information content (AvgIpc) is 2.76. The van der Waals surface area contributed by atoms with Gasteiger partial charge in [-0.15, -0.1) is 0 Å². The van der Waals surface area contributed by atoms with Gasteiger partial charge in [0.1, 0.15) is 0 Å². The van der Waals surface area contributed by atoms with Crippen LogP contribution < -0.4 is 21.3 Å². The van der Waals surface area contributed by atoms with Gasteiger partial charge in [-0.1, -0.05) is 12.1 Å². The number of amides is 1. The molecule has 1 aromatic heterocycles. The van der Waals surface area contributed by atoms with Gasteiger partial charge < -0.3 is 30.7 Å². The molecule has 9 heteroatoms. The molecule has 2 atom stereocenters. The van der Waals surface area contributed by atoms with E-state index in [0.29, 0.717) is 30.7 Å². The lowest BCUT2D eigenvalue weighted by Gasteiger charge is -2.22. The van der Waals surface area contributed by atoms with Crippen molar-refractivity contribution in [3.8, 4) is 0 Å². The maximum absolute atomic E-state index is 12.1. The van der Waals surface area contributed by atoms with E-state index >= 15 is 0 Å². The number of ether oxygens (including phenoxy) is 2. The number of nitrogens with two attached hydrogens (primary N) is 1. The number of benzene rings is 1. The highest BCUT2D eigenvalue weighted by molar-refractivity contribution is 6.01. The van der Waals surface area contributed by atoms with Crippen molar-refractivity contribution >= 4 is 34.7 Å². The van der Waals surface area contributed by atoms with Crippen LogP contribution in [-0.2, 0) is 14.3 Å². The molecule has 9 nitrogen and oxygen atoms in total. The Hall–Kier alpha value is -3.17. The second-order valence-corrected chi connectivity index (χ2v) is 7.07. The first-order chi connectivity index (χ1) is 14.8. The van der Waals surface area contributed by atoms with Gasteiger partial charge in [0.05, 0.1) is 37.2 Å². The third-order valence-corrected chi connectivity index (χ3v) is 4.68. The van der Waals surface area contributed by atoms with E-state index in [0.717, 1.165) is 11.4 Å². The van der Waals surface area contributed by atoms with Crippen LogP contribution in [0.5, 0.6) is 0 Å². The van der Waals surface area contributed by atoms with E-state index < -0.39 is 0 Å². The van der Waals surface area contributed by atoms with Crippen molar-refractivity contribution in [3.05, 3.63) is 42.6 Å². The summed E-state index contributed by atoms with van der Waals surface area (Å²) in [5.74, 6) is 0.795. The molecule has 1 unspecified atom stereocenters. The highest BCUT2D eigenvalue weighted by Crippen LogP contribution is 2.25. The number of nitrogen functional groups attached to an aromatic ring is 1. The molecule has 2 aromatic rings. The van der Waals surface area contributed by atoms with Gasteiger partial charge in [-0.2, -0.15) is 4.98 Å². The summed E-state index contributed by atoms with van der Waals surface area (Å²) >= 11 is 0. The minimum absolute atomic E-state index is 0.0251. The fourth-order valence-corrected chi connectivity index (χ4v) is 2.65. The van der Waals surface area contributed by atoms with E-state index in [1.807, 2.05) is 38.1 Å². The Labute approximate surface area is 183 Å². The molecule has 1 heterocycles. The van der Waals surface area contributed by atoms with E-state index in [9.17, 15) is 4.79 Å². The number of aromatic nitrogens is 2. The Kier molecular flexibility index (Phi) is 9.23. The third-order valence-electron chi connectivity index (χ3n) is 4.68. The summed E-state index contributed by atoms with van der Waals surface area (Å²) in [6.07, 6.45) is 4.71. The summed E-state index contributed by atoms with van der Waals surface area (Å²) in [6, 6.07) is 7.41. The van der Waals surface area contributed by atoms with Crippen LogP contribution in [0.2, 0.25) is 0 Å². The first-order valence-electron chi connectivity index (χ1n) is 10.1. The number of hydrogen-bond acceptors (Lipinski definition) is 8. The van der Waals surface area contributed by atoms with E-state index in [1.165, 1.54) is 6.08 Å². The molecule has 0 aliphatic rings. The molecule has 2 rings (SSSR count). The highest BCUT2D eigenvalue weighted by atomic mass is 16.5. The number of anilines is 5. The first-order valence-corrected chi connectivity index (χ1v) is 10.1. The van der Waals surface area contributed by atoms with Gasteiger partial charge in [0.15, 0.2) is 5.82 Å². The molecule has 1 amide bonds. The SMILES string of the molecule is C/C=C/C(=O)N(C)c1cccc(Nc2nc(NC(C)[C@@H](C)OCCOC)ncc2N)c1. The number of hydrogen-bond donors (Lipinski definition) is 3. The second-order valence-electron chi connectivity index (χ2n) is 7.07. The summed E-state index contributed by atoms with van der Waals surface area (Å²) in [4.78, 5) is 22.4. The van der Waals surface area contributed by atoms with Gasteiger partial charge in [0, 0.05) is 25.5 Å². The molecule has 0 bridgehead atoms. The molecule has 0 spiro atoms. The Balaban J connectivity index is 2.11. The predicted molar refractivity (Wildman–Crippen MR) is 125 cm³/mol. The average molecular weight is 429 g/mol. The third kappa shape index (κ3) is 7.23. The van der Waals surface area contributed by atoms with Crippen molar-refractivity contribution in [2.75, 3.05) is 48.6 Å². The smallest absolute Gasteiger partial charge is 0.250 e. The fraction of sp³-hybridized carbons (Fsp3) is 0.409. The number of nitrogens with one attached hydrogen (secondary N) is 2. The summed E-state index contributed by atoms with van der Waals surface area (Å²) in [6.45, 7) is 6.82. The van der Waals surface area contributed by atoms with Crippen molar-refractivity contribution in [1.29, 1.82) is 0 Å². The van der Waals surface area contributed by atoms with Crippen LogP contribution >= 0.6 is 0 Å². The van der Waals surface area contributed by atoms with Gasteiger partial charge in [0.2, 0.25) is 11.9 Å². The topological polar surface area (TPSA) is 115 Å². The summed E-state index contributed by atoms with van der Waals surface area (Å²) in [7, 11) is 3.36. The molecule has 0 radical (unpaired) electrons. The van der Waals surface area contributed by atoms with Gasteiger partial charge in [-0.25, -0.2) is 4.98 Å². The van der Waals surface area contributed by atoms with E-state index in [4.69, 9.17) is 15.2 Å². The fourth-order valence-electron chi connectivity index (χ4n) is 2.65. The molecule has 1 aromatic carbocycles. The van der Waals surface area contributed by atoms with E-state index in [2.05, 4.69) is 20.6 Å². The monoisotopic (exact) mass is 428 g/mol. The standard InChI is InChI=1S/C22H32N6O3/c1-6-8-20(29)28(4)18-10-7-9-17(13-18)26-21-19(23)14-24-22(27-21)25-15(2)16(3)31-12-11-30-5/h6-10,13-16H,11-12,23H2,1-5H3,(H2,24,25,26,27)/b8-6+/t15?,16-/m1/s1. The molecule has 4 N–H and O–H groups in total. The number of likely N-dealkylation sites (N-methyl/N-ethyl adjacent to an activating group) is 1.